The summed E-state index contributed by atoms with van der Waals surface area (Å²) in [7, 11) is 1.67. The van der Waals surface area contributed by atoms with E-state index in [1.165, 1.54) is 5.56 Å². The van der Waals surface area contributed by atoms with Crippen molar-refractivity contribution in [3.8, 4) is 5.75 Å². The zero-order valence-electron chi connectivity index (χ0n) is 9.33. The van der Waals surface area contributed by atoms with Gasteiger partial charge in [-0.3, -0.25) is 0 Å². The van der Waals surface area contributed by atoms with Crippen LogP contribution in [0.2, 0.25) is 0 Å². The van der Waals surface area contributed by atoms with Crippen LogP contribution in [-0.2, 0) is 0 Å². The standard InChI is InChI=1S/C11H12N4OS/c1-16-9-4-2-8(3-5-9)10-6-17-11-13-12-7-15(11)14-10/h2-5,7,10,14H,6H2,1H3. The van der Waals surface area contributed by atoms with Crippen molar-refractivity contribution in [3.63, 3.8) is 0 Å². The zero-order chi connectivity index (χ0) is 11.7. The molecule has 5 nitrogen and oxygen atoms in total. The summed E-state index contributed by atoms with van der Waals surface area (Å²) < 4.78 is 7.01. The molecule has 1 aromatic heterocycles. The fourth-order valence-electron chi connectivity index (χ4n) is 1.78. The average Bonchev–Trinajstić information content (AvgIpc) is 2.86. The number of hydrogen-bond donors (Lipinski definition) is 1. The maximum atomic E-state index is 5.15. The van der Waals surface area contributed by atoms with Crippen molar-refractivity contribution in [2.45, 2.75) is 11.2 Å². The molecular formula is C11H12N4OS. The van der Waals surface area contributed by atoms with Crippen molar-refractivity contribution in [2.75, 3.05) is 18.3 Å². The fraction of sp³-hybridized carbons (Fsp3) is 0.273. The van der Waals surface area contributed by atoms with Gasteiger partial charge in [0.05, 0.1) is 13.2 Å². The number of nitrogens with one attached hydrogen (secondary N) is 1. The maximum Gasteiger partial charge on any atom is 0.209 e. The monoisotopic (exact) mass is 248 g/mol. The normalized spacial score (nSPS) is 18.3. The van der Waals surface area contributed by atoms with Crippen molar-refractivity contribution in [1.29, 1.82) is 0 Å². The summed E-state index contributed by atoms with van der Waals surface area (Å²) >= 11 is 1.70. The predicted octanol–water partition coefficient (Wildman–Crippen LogP) is 1.68. The number of aromatic nitrogens is 3. The third kappa shape index (κ3) is 1.95. The molecule has 6 heteroatoms. The Balaban J connectivity index is 1.81. The molecule has 0 saturated heterocycles. The molecule has 1 aliphatic heterocycles. The van der Waals surface area contributed by atoms with Gasteiger partial charge in [0.15, 0.2) is 0 Å². The molecule has 2 heterocycles. The van der Waals surface area contributed by atoms with Crippen molar-refractivity contribution in [3.05, 3.63) is 36.2 Å². The number of hydrogen-bond acceptors (Lipinski definition) is 5. The van der Waals surface area contributed by atoms with E-state index < -0.39 is 0 Å². The Kier molecular flexibility index (Phi) is 2.64. The number of rotatable bonds is 2. The quantitative estimate of drug-likeness (QED) is 0.876. The minimum Gasteiger partial charge on any atom is -0.497 e. The molecule has 0 amide bonds. The second-order valence-electron chi connectivity index (χ2n) is 3.75. The highest BCUT2D eigenvalue weighted by Gasteiger charge is 2.20. The van der Waals surface area contributed by atoms with Crippen LogP contribution in [0, 0.1) is 0 Å². The molecule has 1 aliphatic rings. The Morgan fingerprint density at radius 1 is 1.41 bits per heavy atom. The van der Waals surface area contributed by atoms with Crippen molar-refractivity contribution in [1.82, 2.24) is 14.9 Å². The van der Waals surface area contributed by atoms with Gasteiger partial charge in [0, 0.05) is 5.75 Å². The number of thioether (sulfide) groups is 1. The molecule has 0 radical (unpaired) electrons. The Labute approximate surface area is 103 Å². The summed E-state index contributed by atoms with van der Waals surface area (Å²) in [5, 5.41) is 8.79. The van der Waals surface area contributed by atoms with Crippen LogP contribution in [0.5, 0.6) is 5.75 Å². The van der Waals surface area contributed by atoms with Crippen LogP contribution in [-0.4, -0.2) is 27.7 Å². The van der Waals surface area contributed by atoms with E-state index in [1.807, 2.05) is 16.8 Å². The Hall–Kier alpha value is -1.69. The molecular weight excluding hydrogens is 236 g/mol. The lowest BCUT2D eigenvalue weighted by atomic mass is 10.1. The molecule has 0 fully saturated rings. The average molecular weight is 248 g/mol. The number of methoxy groups -OCH3 is 1. The van der Waals surface area contributed by atoms with Crippen LogP contribution in [0.4, 0.5) is 0 Å². The summed E-state index contributed by atoms with van der Waals surface area (Å²) in [5.74, 6) is 1.83. The largest absolute Gasteiger partial charge is 0.497 e. The summed E-state index contributed by atoms with van der Waals surface area (Å²) in [6.07, 6.45) is 1.69. The number of ether oxygens (including phenoxy) is 1. The Bertz CT molecular complexity index is 510. The van der Waals surface area contributed by atoms with Gasteiger partial charge in [0.25, 0.3) is 0 Å². The van der Waals surface area contributed by atoms with E-state index in [-0.39, 0.29) is 6.04 Å². The van der Waals surface area contributed by atoms with Gasteiger partial charge < -0.3 is 10.2 Å². The van der Waals surface area contributed by atoms with Crippen molar-refractivity contribution < 1.29 is 4.74 Å². The van der Waals surface area contributed by atoms with Crippen LogP contribution < -0.4 is 10.2 Å². The molecule has 1 N–H and O–H groups in total. The Morgan fingerprint density at radius 3 is 3.00 bits per heavy atom. The molecule has 17 heavy (non-hydrogen) atoms. The lowest BCUT2D eigenvalue weighted by molar-refractivity contribution is 0.414. The zero-order valence-corrected chi connectivity index (χ0v) is 10.1. The van der Waals surface area contributed by atoms with Gasteiger partial charge in [-0.1, -0.05) is 23.9 Å². The molecule has 0 aliphatic carbocycles. The van der Waals surface area contributed by atoms with E-state index >= 15 is 0 Å². The van der Waals surface area contributed by atoms with E-state index in [0.717, 1.165) is 16.7 Å². The molecule has 0 spiro atoms. The van der Waals surface area contributed by atoms with Crippen LogP contribution in [0.25, 0.3) is 0 Å². The van der Waals surface area contributed by atoms with E-state index in [9.17, 15) is 0 Å². The molecule has 0 bridgehead atoms. The molecule has 88 valence electrons. The molecule has 2 aromatic rings. The van der Waals surface area contributed by atoms with Crippen LogP contribution in [0.15, 0.2) is 35.7 Å². The highest BCUT2D eigenvalue weighted by atomic mass is 32.2. The van der Waals surface area contributed by atoms with Crippen LogP contribution in [0.1, 0.15) is 11.6 Å². The number of fused-ring (bicyclic) bond motifs is 1. The topological polar surface area (TPSA) is 52.0 Å². The van der Waals surface area contributed by atoms with Gasteiger partial charge in [-0.05, 0) is 17.7 Å². The predicted molar refractivity (Wildman–Crippen MR) is 65.8 cm³/mol. The molecule has 0 saturated carbocycles. The SMILES string of the molecule is COc1ccc(C2CSc3nncn3N2)cc1. The first-order valence-corrected chi connectivity index (χ1v) is 6.28. The molecule has 1 atom stereocenters. The van der Waals surface area contributed by atoms with Gasteiger partial charge in [0.1, 0.15) is 12.1 Å². The first-order chi connectivity index (χ1) is 8.36. The van der Waals surface area contributed by atoms with Crippen LogP contribution >= 0.6 is 11.8 Å². The lowest BCUT2D eigenvalue weighted by Crippen LogP contribution is -2.27. The Morgan fingerprint density at radius 2 is 2.24 bits per heavy atom. The summed E-state index contributed by atoms with van der Waals surface area (Å²) in [6.45, 7) is 0. The van der Waals surface area contributed by atoms with E-state index in [0.29, 0.717) is 0 Å². The van der Waals surface area contributed by atoms with E-state index in [1.54, 1.807) is 25.2 Å². The second-order valence-corrected chi connectivity index (χ2v) is 4.74. The van der Waals surface area contributed by atoms with Crippen molar-refractivity contribution >= 4 is 11.8 Å². The van der Waals surface area contributed by atoms with Gasteiger partial charge in [-0.2, -0.15) is 0 Å². The molecule has 3 rings (SSSR count). The highest BCUT2D eigenvalue weighted by molar-refractivity contribution is 7.99. The summed E-state index contributed by atoms with van der Waals surface area (Å²) in [6, 6.07) is 8.38. The van der Waals surface area contributed by atoms with E-state index in [2.05, 4.69) is 27.8 Å². The van der Waals surface area contributed by atoms with Gasteiger partial charge in [-0.15, -0.1) is 10.2 Å². The molecule has 1 aromatic carbocycles. The van der Waals surface area contributed by atoms with Gasteiger partial charge in [-0.25, -0.2) is 4.68 Å². The fourth-order valence-corrected chi connectivity index (χ4v) is 2.71. The van der Waals surface area contributed by atoms with Crippen LogP contribution in [0.3, 0.4) is 0 Å². The van der Waals surface area contributed by atoms with E-state index in [4.69, 9.17) is 4.74 Å². The third-order valence-corrected chi connectivity index (χ3v) is 3.75. The minimum atomic E-state index is 0.273. The third-order valence-electron chi connectivity index (χ3n) is 2.71. The summed E-state index contributed by atoms with van der Waals surface area (Å²) in [4.78, 5) is 0. The van der Waals surface area contributed by atoms with Crippen molar-refractivity contribution in [2.24, 2.45) is 0 Å². The van der Waals surface area contributed by atoms with Gasteiger partial charge >= 0.3 is 0 Å². The summed E-state index contributed by atoms with van der Waals surface area (Å²) in [5.41, 5.74) is 4.59. The maximum absolute atomic E-state index is 5.15. The first-order valence-electron chi connectivity index (χ1n) is 5.30. The van der Waals surface area contributed by atoms with Gasteiger partial charge in [0.2, 0.25) is 5.16 Å². The lowest BCUT2D eigenvalue weighted by Gasteiger charge is -2.25. The highest BCUT2D eigenvalue weighted by Crippen LogP contribution is 2.29. The molecule has 1 unspecified atom stereocenters. The minimum absolute atomic E-state index is 0.273. The smallest absolute Gasteiger partial charge is 0.209 e. The number of benzene rings is 1. The first kappa shape index (κ1) is 10.5. The second kappa shape index (κ2) is 4.29. The number of nitrogens with zero attached hydrogens (tertiary/aromatic N) is 3.